The number of anilines is 1. The van der Waals surface area contributed by atoms with Crippen LogP contribution in [0.15, 0.2) is 60.2 Å². The zero-order chi connectivity index (χ0) is 64.9. The van der Waals surface area contributed by atoms with Crippen LogP contribution in [0.25, 0.3) is 0 Å². The van der Waals surface area contributed by atoms with E-state index in [4.69, 9.17) is 29.4 Å². The molecule has 0 saturated carbocycles. The van der Waals surface area contributed by atoms with Gasteiger partial charge >= 0.3 is 24.2 Å². The number of nitrogens with zero attached hydrogens (tertiary/aromatic N) is 3. The Kier molecular flexibility index (Phi) is 27.9. The highest BCUT2D eigenvalue weighted by atomic mass is 16.6. The maximum atomic E-state index is 13.9. The van der Waals surface area contributed by atoms with E-state index in [0.717, 1.165) is 0 Å². The molecule has 4 aliphatic rings. The predicted molar refractivity (Wildman–Crippen MR) is 324 cm³/mol. The minimum Gasteiger partial charge on any atom is -0.457 e. The Hall–Kier alpha value is -6.93. The molecule has 88 heavy (non-hydrogen) atoms. The summed E-state index contributed by atoms with van der Waals surface area (Å²) in [7, 11) is 1.48. The van der Waals surface area contributed by atoms with Crippen molar-refractivity contribution in [3.63, 3.8) is 0 Å². The van der Waals surface area contributed by atoms with Gasteiger partial charge in [-0.05, 0) is 101 Å². The summed E-state index contributed by atoms with van der Waals surface area (Å²) in [5, 5.41) is 43.2. The zero-order valence-electron chi connectivity index (χ0n) is 52.7. The van der Waals surface area contributed by atoms with Crippen LogP contribution in [0.3, 0.4) is 0 Å². The second-order valence-corrected chi connectivity index (χ2v) is 24.4. The third-order valence-corrected chi connectivity index (χ3v) is 16.7. The SMILES string of the molecule is CC[C@H](O)[C@@H](C)[C@H]1O[C@@H]1CC(C)(O)/C=C/C=C(\C)[C@H]1OC(=O)C[C@H](O)CC[C@@](C)(OC)[C@@H](OC(=O)N2CCN(C(=O)OCc3ccc(NC(=O)[C@H](CCCNC(N)=O)NC(=O)[C@@H](NC(=O)CCCCCN4C(=O)CCC4=O)C(C)C)cc3)CC2)/C=C/[C@@H]1C. The summed E-state index contributed by atoms with van der Waals surface area (Å²) in [6, 6.07) is 3.72. The van der Waals surface area contributed by atoms with Crippen LogP contribution >= 0.6 is 0 Å². The van der Waals surface area contributed by atoms with Crippen LogP contribution in [0.5, 0.6) is 0 Å². The molecule has 9 amide bonds. The number of primary amides is 1. The van der Waals surface area contributed by atoms with Crippen molar-refractivity contribution < 1.29 is 82.2 Å². The van der Waals surface area contributed by atoms with Crippen LogP contribution in [0, 0.1) is 17.8 Å². The number of imide groups is 1. The van der Waals surface area contributed by atoms with Crippen molar-refractivity contribution >= 4 is 59.4 Å². The van der Waals surface area contributed by atoms with Gasteiger partial charge in [0.1, 0.15) is 30.4 Å². The molecule has 0 bridgehead atoms. The van der Waals surface area contributed by atoms with E-state index >= 15 is 0 Å². The summed E-state index contributed by atoms with van der Waals surface area (Å²) in [5.41, 5.74) is 4.50. The number of allylic oxidation sites excluding steroid dienone is 2. The second kappa shape index (κ2) is 34.2. The maximum absolute atomic E-state index is 13.9. The number of esters is 1. The lowest BCUT2D eigenvalue weighted by Crippen LogP contribution is -2.54. The second-order valence-electron chi connectivity index (χ2n) is 24.4. The number of carbonyl (C=O) groups is 9. The minimum absolute atomic E-state index is 0.0608. The molecular formula is C63H96N8O17. The van der Waals surface area contributed by atoms with Gasteiger partial charge in [0.15, 0.2) is 6.10 Å². The van der Waals surface area contributed by atoms with Crippen LogP contribution in [0.2, 0.25) is 0 Å². The lowest BCUT2D eigenvalue weighted by atomic mass is 9.88. The summed E-state index contributed by atoms with van der Waals surface area (Å²) < 4.78 is 29.5. The molecule has 3 saturated heterocycles. The largest absolute Gasteiger partial charge is 0.457 e. The van der Waals surface area contributed by atoms with Crippen LogP contribution in [0.4, 0.5) is 20.1 Å². The average molecular weight is 1240 g/mol. The number of methoxy groups -OCH3 is 1. The number of nitrogens with two attached hydrogens (primary N) is 1. The lowest BCUT2D eigenvalue weighted by molar-refractivity contribution is -0.151. The first-order valence-electron chi connectivity index (χ1n) is 30.9. The fraction of sp³-hybridized carbons (Fsp3) is 0.667. The Morgan fingerprint density at radius 3 is 2.20 bits per heavy atom. The normalized spacial score (nSPS) is 25.3. The molecule has 4 heterocycles. The Morgan fingerprint density at radius 1 is 0.920 bits per heavy atom. The van der Waals surface area contributed by atoms with Crippen molar-refractivity contribution in [1.82, 2.24) is 30.7 Å². The van der Waals surface area contributed by atoms with Gasteiger partial charge in [-0.3, -0.25) is 33.7 Å². The number of aliphatic hydroxyl groups is 3. The summed E-state index contributed by atoms with van der Waals surface area (Å²) >= 11 is 0. The number of piperazine rings is 1. The Bertz CT molecular complexity index is 2620. The molecule has 1 unspecified atom stereocenters. The Balaban J connectivity index is 1.12. The number of aliphatic hydroxyl groups excluding tert-OH is 2. The number of benzene rings is 1. The van der Waals surface area contributed by atoms with E-state index in [2.05, 4.69) is 21.3 Å². The average Bonchev–Trinajstić information content (AvgIpc) is 1.84. The van der Waals surface area contributed by atoms with Crippen molar-refractivity contribution in [3.8, 4) is 0 Å². The van der Waals surface area contributed by atoms with Crippen LogP contribution in [-0.2, 0) is 59.1 Å². The molecule has 490 valence electrons. The highest BCUT2D eigenvalue weighted by molar-refractivity contribution is 6.02. The van der Waals surface area contributed by atoms with Gasteiger partial charge in [-0.15, -0.1) is 0 Å². The number of carbonyl (C=O) groups excluding carboxylic acids is 9. The molecule has 0 radical (unpaired) electrons. The number of ether oxygens (including phenoxy) is 5. The first kappa shape index (κ1) is 71.8. The third-order valence-electron chi connectivity index (χ3n) is 16.7. The topological polar surface area (TPSA) is 348 Å². The van der Waals surface area contributed by atoms with Crippen molar-refractivity contribution in [2.24, 2.45) is 23.5 Å². The van der Waals surface area contributed by atoms with Crippen LogP contribution in [-0.4, -0.2) is 190 Å². The molecule has 1 aromatic rings. The Labute approximate surface area is 516 Å². The van der Waals surface area contributed by atoms with E-state index in [1.807, 2.05) is 20.8 Å². The Morgan fingerprint density at radius 2 is 1.58 bits per heavy atom. The summed E-state index contributed by atoms with van der Waals surface area (Å²) in [6.45, 7) is 15.3. The molecule has 3 fully saturated rings. The summed E-state index contributed by atoms with van der Waals surface area (Å²) in [5.74, 6) is -3.35. The van der Waals surface area contributed by atoms with Crippen LogP contribution in [0.1, 0.15) is 144 Å². The summed E-state index contributed by atoms with van der Waals surface area (Å²) in [4.78, 5) is 120. The zero-order valence-corrected chi connectivity index (χ0v) is 52.7. The van der Waals surface area contributed by atoms with Gasteiger partial charge in [0.25, 0.3) is 0 Å². The van der Waals surface area contributed by atoms with Gasteiger partial charge in [0, 0.05) is 89.6 Å². The van der Waals surface area contributed by atoms with E-state index in [1.54, 1.807) is 89.3 Å². The number of amides is 9. The number of epoxide rings is 1. The first-order chi connectivity index (χ1) is 41.6. The molecule has 0 spiro atoms. The van der Waals surface area contributed by atoms with E-state index in [1.165, 1.54) is 21.8 Å². The first-order valence-corrected chi connectivity index (χ1v) is 30.9. The number of hydrogen-bond acceptors (Lipinski definition) is 17. The fourth-order valence-electron chi connectivity index (χ4n) is 10.8. The van der Waals surface area contributed by atoms with E-state index < -0.39 is 89.6 Å². The molecule has 9 N–H and O–H groups in total. The van der Waals surface area contributed by atoms with Crippen molar-refractivity contribution in [3.05, 3.63) is 65.8 Å². The highest BCUT2D eigenvalue weighted by Crippen LogP contribution is 2.38. The third kappa shape index (κ3) is 22.6. The van der Waals surface area contributed by atoms with Gasteiger partial charge < -0.3 is 75.8 Å². The molecular weight excluding hydrogens is 1140 g/mol. The van der Waals surface area contributed by atoms with Gasteiger partial charge in [0.05, 0.1) is 36.4 Å². The van der Waals surface area contributed by atoms with Crippen LogP contribution < -0.4 is 27.0 Å². The molecule has 5 rings (SSSR count). The van der Waals surface area contributed by atoms with E-state index in [-0.39, 0.29) is 132 Å². The summed E-state index contributed by atoms with van der Waals surface area (Å²) in [6.07, 6.45) is 7.22. The lowest BCUT2D eigenvalue weighted by Gasteiger charge is -2.38. The number of unbranched alkanes of at least 4 members (excludes halogenated alkanes) is 2. The minimum atomic E-state index is -1.22. The molecule has 1 aromatic carbocycles. The number of hydrogen-bond donors (Lipinski definition) is 8. The van der Waals surface area contributed by atoms with Crippen molar-refractivity contribution in [1.29, 1.82) is 0 Å². The maximum Gasteiger partial charge on any atom is 0.410 e. The van der Waals surface area contributed by atoms with E-state index in [0.29, 0.717) is 55.5 Å². The number of nitrogens with one attached hydrogen (secondary N) is 4. The number of rotatable bonds is 28. The predicted octanol–water partition coefficient (Wildman–Crippen LogP) is 5.04. The molecule has 0 aromatic heterocycles. The van der Waals surface area contributed by atoms with E-state index in [9.17, 15) is 58.5 Å². The number of cyclic esters (lactones) is 1. The molecule has 25 nitrogen and oxygen atoms in total. The molecule has 25 heteroatoms. The molecule has 12 atom stereocenters. The van der Waals surface area contributed by atoms with Gasteiger partial charge in [-0.25, -0.2) is 14.4 Å². The molecule has 0 aliphatic carbocycles. The number of likely N-dealkylation sites (tertiary alicyclic amines) is 1. The fourth-order valence-corrected chi connectivity index (χ4v) is 10.8. The monoisotopic (exact) mass is 1240 g/mol. The highest BCUT2D eigenvalue weighted by Gasteiger charge is 2.47. The quantitative estimate of drug-likeness (QED) is 0.0104. The standard InChI is InChI=1S/C63H96N8O17/c1-10-47(73)42(6)56-48(86-56)37-62(7,83)28-14-16-40(4)55-41(5)19-24-49(63(8,84-9)29-27-45(72)36-53(77)88-55)87-61(82)70-34-32-69(33-35-70)60(81)85-38-43-20-22-44(23-21-43)66-57(78)46(17-15-30-65-59(64)80)67-58(79)54(39(2)3)68-50(74)18-12-11-13-31-71-51(75)25-26-52(71)76/h14,16,19-24,28,39,41-42,45-49,54-56,72-73,83H,10-13,15,17-18,25-27,29-38H2,1-9H3,(H,66,78)(H,67,79)(H,68,74)(H3,64,65,80)/b24-19+,28-14+,40-16+/t41-,42+,45+,46-,47-,48+,49-,54-,55+,56+,62?,63+/m0/s1. The van der Waals surface area contributed by atoms with Gasteiger partial charge in [-0.2, -0.15) is 0 Å². The van der Waals surface area contributed by atoms with Gasteiger partial charge in [-0.1, -0.05) is 77.5 Å². The van der Waals surface area contributed by atoms with Gasteiger partial charge in [0.2, 0.25) is 29.5 Å². The van der Waals surface area contributed by atoms with Crippen molar-refractivity contribution in [2.45, 2.75) is 205 Å². The molecule has 4 aliphatic heterocycles. The number of urea groups is 1. The van der Waals surface area contributed by atoms with Crippen molar-refractivity contribution in [2.75, 3.05) is 51.7 Å². The smallest absolute Gasteiger partial charge is 0.410 e.